The summed E-state index contributed by atoms with van der Waals surface area (Å²) in [5.41, 5.74) is 4.35. The van der Waals surface area contributed by atoms with Gasteiger partial charge < -0.3 is 24.2 Å². The van der Waals surface area contributed by atoms with Crippen molar-refractivity contribution >= 4 is 44.9 Å². The number of carboxylic acid groups (broad SMARTS) is 1. The van der Waals surface area contributed by atoms with Crippen LogP contribution in [0.25, 0.3) is 21.5 Å². The van der Waals surface area contributed by atoms with E-state index in [1.54, 1.807) is 42.5 Å². The summed E-state index contributed by atoms with van der Waals surface area (Å²) >= 11 is 1.65. The van der Waals surface area contributed by atoms with E-state index in [0.29, 0.717) is 11.8 Å². The van der Waals surface area contributed by atoms with Gasteiger partial charge >= 0.3 is 5.97 Å². The van der Waals surface area contributed by atoms with Crippen LogP contribution in [0, 0.1) is 5.92 Å². The number of ether oxygens (including phenoxy) is 1. The van der Waals surface area contributed by atoms with Crippen molar-refractivity contribution in [2.45, 2.75) is 57.4 Å². The molecular weight excluding hydrogens is 560 g/mol. The number of hydrogen-bond acceptors (Lipinski definition) is 6. The normalized spacial score (nSPS) is 16.4. The molecule has 2 aromatic heterocycles. The van der Waals surface area contributed by atoms with Gasteiger partial charge in [0.2, 0.25) is 5.91 Å². The molecule has 8 nitrogen and oxygen atoms in total. The van der Waals surface area contributed by atoms with E-state index in [2.05, 4.69) is 33.7 Å². The number of thiazole rings is 1. The second kappa shape index (κ2) is 12.9. The number of para-hydroxylation sites is 1. The highest BCUT2D eigenvalue weighted by molar-refractivity contribution is 7.19. The fraction of sp³-hybridized carbons (Fsp3) is 0.441. The van der Waals surface area contributed by atoms with Crippen LogP contribution in [0.4, 0.5) is 10.8 Å². The third kappa shape index (κ3) is 6.19. The number of benzene rings is 2. The molecule has 0 atom stereocenters. The Hall–Kier alpha value is -3.69. The second-order valence-corrected chi connectivity index (χ2v) is 13.0. The SMILES string of the molecule is CN(C)C(=O)Cn1c(-c2cnc(N(CC3CCOCC3)c3ccccc3)s2)c(C2CCCCC2)c2ccc(C(=O)O)cc21. The zero-order valence-electron chi connectivity index (χ0n) is 25.0. The van der Waals surface area contributed by atoms with Gasteiger partial charge in [-0.15, -0.1) is 0 Å². The highest BCUT2D eigenvalue weighted by Crippen LogP contribution is 2.47. The molecule has 0 radical (unpaired) electrons. The number of rotatable bonds is 9. The van der Waals surface area contributed by atoms with Gasteiger partial charge in [-0.25, -0.2) is 9.78 Å². The molecule has 0 spiro atoms. The molecule has 6 rings (SSSR count). The van der Waals surface area contributed by atoms with Crippen LogP contribution in [-0.2, 0) is 16.1 Å². The number of aromatic carboxylic acids is 1. The zero-order valence-corrected chi connectivity index (χ0v) is 25.8. The van der Waals surface area contributed by atoms with Crippen LogP contribution in [-0.4, -0.2) is 65.3 Å². The number of anilines is 2. The van der Waals surface area contributed by atoms with Gasteiger partial charge in [0.05, 0.1) is 21.7 Å². The summed E-state index contributed by atoms with van der Waals surface area (Å²) in [6.07, 6.45) is 9.74. The first-order valence-electron chi connectivity index (χ1n) is 15.4. The topological polar surface area (TPSA) is 87.9 Å². The van der Waals surface area contributed by atoms with Crippen molar-refractivity contribution < 1.29 is 19.4 Å². The second-order valence-electron chi connectivity index (χ2n) is 12.0. The van der Waals surface area contributed by atoms with Gasteiger partial charge in [0.1, 0.15) is 6.54 Å². The molecule has 1 saturated heterocycles. The molecule has 1 saturated carbocycles. The smallest absolute Gasteiger partial charge is 0.335 e. The summed E-state index contributed by atoms with van der Waals surface area (Å²) in [5, 5.41) is 11.8. The average Bonchev–Trinajstić information content (AvgIpc) is 3.64. The Morgan fingerprint density at radius 2 is 1.77 bits per heavy atom. The van der Waals surface area contributed by atoms with E-state index in [-0.39, 0.29) is 18.0 Å². The minimum absolute atomic E-state index is 0.0377. The van der Waals surface area contributed by atoms with Crippen LogP contribution >= 0.6 is 11.3 Å². The van der Waals surface area contributed by atoms with Crippen LogP contribution in [0.1, 0.15) is 66.8 Å². The van der Waals surface area contributed by atoms with Crippen LogP contribution in [0.2, 0.25) is 0 Å². The summed E-state index contributed by atoms with van der Waals surface area (Å²) in [6, 6.07) is 15.8. The van der Waals surface area contributed by atoms with Crippen molar-refractivity contribution in [2.75, 3.05) is 38.8 Å². The number of fused-ring (bicyclic) bond motifs is 1. The standard InChI is InChI=1S/C34H40N4O4S/c1-36(2)30(39)22-38-28-19-25(33(40)41)13-14-27(28)31(24-9-5-3-6-10-24)32(38)29-20-35-34(43-29)37(26-11-7-4-8-12-26)21-23-15-17-42-18-16-23/h4,7-8,11-14,19-20,23-24H,3,5-6,9-10,15-18,21-22H2,1-2H3,(H,40,41). The molecule has 3 heterocycles. The summed E-state index contributed by atoms with van der Waals surface area (Å²) < 4.78 is 7.69. The number of nitrogens with zero attached hydrogens (tertiary/aromatic N) is 4. The number of carboxylic acids is 1. The molecule has 43 heavy (non-hydrogen) atoms. The third-order valence-corrected chi connectivity index (χ3v) is 9.99. The van der Waals surface area contributed by atoms with Crippen molar-refractivity contribution in [2.24, 2.45) is 5.92 Å². The molecule has 0 bridgehead atoms. The minimum atomic E-state index is -0.971. The van der Waals surface area contributed by atoms with E-state index in [1.165, 1.54) is 24.8 Å². The Bertz CT molecular complexity index is 1580. The first-order chi connectivity index (χ1) is 20.9. The van der Waals surface area contributed by atoms with Crippen LogP contribution < -0.4 is 4.90 Å². The van der Waals surface area contributed by atoms with Crippen molar-refractivity contribution in [1.82, 2.24) is 14.5 Å². The molecule has 2 aromatic carbocycles. The monoisotopic (exact) mass is 600 g/mol. The van der Waals surface area contributed by atoms with E-state index in [4.69, 9.17) is 9.72 Å². The van der Waals surface area contributed by atoms with Gasteiger partial charge in [0.25, 0.3) is 0 Å². The summed E-state index contributed by atoms with van der Waals surface area (Å²) in [7, 11) is 3.52. The maximum absolute atomic E-state index is 13.2. The number of carbonyl (C=O) groups excluding carboxylic acids is 1. The highest BCUT2D eigenvalue weighted by atomic mass is 32.1. The number of aromatic nitrogens is 2. The predicted octanol–water partition coefficient (Wildman–Crippen LogP) is 7.16. The Kier molecular flexibility index (Phi) is 8.81. The molecule has 0 unspecified atom stereocenters. The predicted molar refractivity (Wildman–Crippen MR) is 172 cm³/mol. The Morgan fingerprint density at radius 3 is 2.47 bits per heavy atom. The van der Waals surface area contributed by atoms with E-state index < -0.39 is 5.97 Å². The van der Waals surface area contributed by atoms with Gasteiger partial charge in [-0.2, -0.15) is 0 Å². The molecule has 2 fully saturated rings. The summed E-state index contributed by atoms with van der Waals surface area (Å²) in [6.45, 7) is 2.57. The quantitative estimate of drug-likeness (QED) is 0.219. The number of likely N-dealkylation sites (N-methyl/N-ethyl adjacent to an activating group) is 1. The lowest BCUT2D eigenvalue weighted by Crippen LogP contribution is -2.29. The fourth-order valence-corrected chi connectivity index (χ4v) is 7.62. The zero-order chi connectivity index (χ0) is 29.9. The van der Waals surface area contributed by atoms with E-state index in [9.17, 15) is 14.7 Å². The maximum Gasteiger partial charge on any atom is 0.335 e. The fourth-order valence-electron chi connectivity index (χ4n) is 6.61. The minimum Gasteiger partial charge on any atom is -0.478 e. The van der Waals surface area contributed by atoms with Crippen molar-refractivity contribution in [3.05, 3.63) is 65.9 Å². The van der Waals surface area contributed by atoms with Crippen LogP contribution in [0.5, 0.6) is 0 Å². The molecule has 1 aliphatic heterocycles. The molecule has 9 heteroatoms. The molecule has 4 aromatic rings. The molecule has 1 amide bonds. The summed E-state index contributed by atoms with van der Waals surface area (Å²) in [4.78, 5) is 35.2. The largest absolute Gasteiger partial charge is 0.478 e. The maximum atomic E-state index is 13.2. The third-order valence-electron chi connectivity index (χ3n) is 8.96. The molecule has 1 aliphatic carbocycles. The number of amides is 1. The van der Waals surface area contributed by atoms with Crippen molar-refractivity contribution in [3.8, 4) is 10.6 Å². The van der Waals surface area contributed by atoms with Crippen LogP contribution in [0.15, 0.2) is 54.7 Å². The number of hydrogen-bond donors (Lipinski definition) is 1. The van der Waals surface area contributed by atoms with Crippen molar-refractivity contribution in [3.63, 3.8) is 0 Å². The first kappa shape index (κ1) is 29.4. The van der Waals surface area contributed by atoms with Gasteiger partial charge in [0, 0.05) is 51.1 Å². The lowest BCUT2D eigenvalue weighted by atomic mass is 9.82. The Labute approximate surface area is 256 Å². The first-order valence-corrected chi connectivity index (χ1v) is 16.2. The van der Waals surface area contributed by atoms with E-state index in [0.717, 1.165) is 77.7 Å². The van der Waals surface area contributed by atoms with Crippen molar-refractivity contribution in [1.29, 1.82) is 0 Å². The molecule has 2 aliphatic rings. The lowest BCUT2D eigenvalue weighted by molar-refractivity contribution is -0.129. The Balaban J connectivity index is 1.51. The van der Waals surface area contributed by atoms with Crippen LogP contribution in [0.3, 0.4) is 0 Å². The van der Waals surface area contributed by atoms with Gasteiger partial charge in [-0.05, 0) is 67.3 Å². The number of carbonyl (C=O) groups is 2. The Morgan fingerprint density at radius 1 is 1.02 bits per heavy atom. The average molecular weight is 601 g/mol. The van der Waals surface area contributed by atoms with E-state index in [1.807, 2.05) is 18.3 Å². The van der Waals surface area contributed by atoms with E-state index >= 15 is 0 Å². The molecule has 1 N–H and O–H groups in total. The lowest BCUT2D eigenvalue weighted by Gasteiger charge is -2.29. The molecule has 226 valence electrons. The highest BCUT2D eigenvalue weighted by Gasteiger charge is 2.30. The van der Waals surface area contributed by atoms with Gasteiger partial charge in [0.15, 0.2) is 5.13 Å². The summed E-state index contributed by atoms with van der Waals surface area (Å²) in [5.74, 6) is -0.154. The molecular formula is C34H40N4O4S. The van der Waals surface area contributed by atoms with Gasteiger partial charge in [-0.1, -0.05) is 54.9 Å². The van der Waals surface area contributed by atoms with Gasteiger partial charge in [-0.3, -0.25) is 4.79 Å².